The van der Waals surface area contributed by atoms with E-state index in [9.17, 15) is 4.79 Å². The third kappa shape index (κ3) is 1.27. The molecule has 2 aromatic heterocycles. The summed E-state index contributed by atoms with van der Waals surface area (Å²) in [4.78, 5) is 19.5. The van der Waals surface area contributed by atoms with E-state index in [1.54, 1.807) is 36.2 Å². The molecule has 0 aliphatic heterocycles. The molecule has 0 saturated carbocycles. The SMILES string of the molecule is CC(N)C(=O)c1ncn2ccncc12. The zero-order chi connectivity index (χ0) is 10.1. The van der Waals surface area contributed by atoms with E-state index < -0.39 is 6.04 Å². The van der Waals surface area contributed by atoms with Gasteiger partial charge >= 0.3 is 0 Å². The Labute approximate surface area is 80.6 Å². The summed E-state index contributed by atoms with van der Waals surface area (Å²) in [5.74, 6) is -0.166. The fourth-order valence-corrected chi connectivity index (χ4v) is 1.25. The summed E-state index contributed by atoms with van der Waals surface area (Å²) >= 11 is 0. The molecule has 1 unspecified atom stereocenters. The summed E-state index contributed by atoms with van der Waals surface area (Å²) in [5.41, 5.74) is 6.57. The Bertz CT molecular complexity index is 474. The lowest BCUT2D eigenvalue weighted by Crippen LogP contribution is -2.27. The van der Waals surface area contributed by atoms with Gasteiger partial charge in [-0.15, -0.1) is 0 Å². The van der Waals surface area contributed by atoms with Crippen molar-refractivity contribution in [1.82, 2.24) is 14.4 Å². The first-order chi connectivity index (χ1) is 6.70. The molecule has 0 fully saturated rings. The summed E-state index contributed by atoms with van der Waals surface area (Å²) in [5, 5.41) is 0. The first kappa shape index (κ1) is 8.83. The molecule has 0 aromatic carbocycles. The highest BCUT2D eigenvalue weighted by atomic mass is 16.1. The average molecular weight is 190 g/mol. The molecule has 2 heterocycles. The number of ketones is 1. The predicted molar refractivity (Wildman–Crippen MR) is 51.0 cm³/mol. The van der Waals surface area contributed by atoms with Gasteiger partial charge in [0.25, 0.3) is 0 Å². The fraction of sp³-hybridized carbons (Fsp3) is 0.222. The first-order valence-corrected chi connectivity index (χ1v) is 4.26. The van der Waals surface area contributed by atoms with Crippen LogP contribution in [0.2, 0.25) is 0 Å². The Morgan fingerprint density at radius 3 is 3.14 bits per heavy atom. The van der Waals surface area contributed by atoms with Crippen LogP contribution in [0.4, 0.5) is 0 Å². The highest BCUT2D eigenvalue weighted by Gasteiger charge is 2.16. The number of hydrogen-bond acceptors (Lipinski definition) is 4. The summed E-state index contributed by atoms with van der Waals surface area (Å²) in [6.45, 7) is 1.64. The number of nitrogens with two attached hydrogens (primary N) is 1. The number of carbonyl (C=O) groups is 1. The second kappa shape index (κ2) is 3.19. The van der Waals surface area contributed by atoms with Gasteiger partial charge in [0.05, 0.1) is 17.8 Å². The van der Waals surface area contributed by atoms with Crippen molar-refractivity contribution in [2.45, 2.75) is 13.0 Å². The summed E-state index contributed by atoms with van der Waals surface area (Å²) in [6.07, 6.45) is 6.55. The van der Waals surface area contributed by atoms with Gasteiger partial charge in [0.2, 0.25) is 0 Å². The van der Waals surface area contributed by atoms with Gasteiger partial charge in [-0.05, 0) is 6.92 Å². The van der Waals surface area contributed by atoms with E-state index in [1.165, 1.54) is 0 Å². The fourth-order valence-electron chi connectivity index (χ4n) is 1.25. The number of Topliss-reactive ketones (excluding diaryl/α,β-unsaturated/α-hetero) is 1. The first-order valence-electron chi connectivity index (χ1n) is 4.26. The molecule has 2 N–H and O–H groups in total. The minimum Gasteiger partial charge on any atom is -0.321 e. The topological polar surface area (TPSA) is 73.3 Å². The molecule has 0 saturated heterocycles. The average Bonchev–Trinajstić information content (AvgIpc) is 2.60. The molecule has 2 aromatic rings. The number of nitrogens with zero attached hydrogens (tertiary/aromatic N) is 3. The molecule has 0 bridgehead atoms. The van der Waals surface area contributed by atoms with Gasteiger partial charge in [-0.2, -0.15) is 0 Å². The van der Waals surface area contributed by atoms with Gasteiger partial charge in [-0.3, -0.25) is 9.78 Å². The van der Waals surface area contributed by atoms with Crippen LogP contribution in [0.3, 0.4) is 0 Å². The van der Waals surface area contributed by atoms with Crippen LogP contribution in [0.25, 0.3) is 5.52 Å². The zero-order valence-electron chi connectivity index (χ0n) is 7.71. The molecule has 0 radical (unpaired) electrons. The molecule has 72 valence electrons. The molecule has 14 heavy (non-hydrogen) atoms. The Balaban J connectivity index is 2.58. The van der Waals surface area contributed by atoms with E-state index in [0.29, 0.717) is 11.2 Å². The molecule has 0 aliphatic rings. The molecule has 1 atom stereocenters. The summed E-state index contributed by atoms with van der Waals surface area (Å²) < 4.78 is 1.74. The number of fused-ring (bicyclic) bond motifs is 1. The largest absolute Gasteiger partial charge is 0.321 e. The Hall–Kier alpha value is -1.75. The highest BCUT2D eigenvalue weighted by molar-refractivity contribution is 6.03. The number of carbonyl (C=O) groups excluding carboxylic acids is 1. The minimum atomic E-state index is -0.533. The van der Waals surface area contributed by atoms with Crippen molar-refractivity contribution in [1.29, 1.82) is 0 Å². The lowest BCUT2D eigenvalue weighted by atomic mass is 10.1. The van der Waals surface area contributed by atoms with E-state index in [2.05, 4.69) is 9.97 Å². The number of imidazole rings is 1. The molecular weight excluding hydrogens is 180 g/mol. The van der Waals surface area contributed by atoms with Gasteiger partial charge in [-0.1, -0.05) is 0 Å². The minimum absolute atomic E-state index is 0.166. The van der Waals surface area contributed by atoms with E-state index >= 15 is 0 Å². The third-order valence-corrected chi connectivity index (χ3v) is 1.99. The number of aromatic nitrogens is 3. The van der Waals surface area contributed by atoms with Crippen LogP contribution in [0, 0.1) is 0 Å². The third-order valence-electron chi connectivity index (χ3n) is 1.99. The van der Waals surface area contributed by atoms with Crippen LogP contribution in [0.15, 0.2) is 24.9 Å². The predicted octanol–water partition coefficient (Wildman–Crippen LogP) is 0.259. The Kier molecular flexibility index (Phi) is 2.01. The number of rotatable bonds is 2. The maximum absolute atomic E-state index is 11.6. The lowest BCUT2D eigenvalue weighted by Gasteiger charge is -2.00. The van der Waals surface area contributed by atoms with Crippen molar-refractivity contribution in [2.75, 3.05) is 0 Å². The van der Waals surface area contributed by atoms with Gasteiger partial charge in [-0.25, -0.2) is 4.98 Å². The Morgan fingerprint density at radius 1 is 1.64 bits per heavy atom. The zero-order valence-corrected chi connectivity index (χ0v) is 7.71. The van der Waals surface area contributed by atoms with E-state index in [-0.39, 0.29) is 5.78 Å². The van der Waals surface area contributed by atoms with Gasteiger partial charge in [0.1, 0.15) is 12.0 Å². The van der Waals surface area contributed by atoms with Crippen molar-refractivity contribution >= 4 is 11.3 Å². The van der Waals surface area contributed by atoms with Gasteiger partial charge in [0, 0.05) is 12.4 Å². The lowest BCUT2D eigenvalue weighted by molar-refractivity contribution is 0.0965. The van der Waals surface area contributed by atoms with Crippen LogP contribution >= 0.6 is 0 Å². The van der Waals surface area contributed by atoms with Crippen LogP contribution in [0.5, 0.6) is 0 Å². The quantitative estimate of drug-likeness (QED) is 0.689. The molecule has 2 rings (SSSR count). The van der Waals surface area contributed by atoms with E-state index in [1.807, 2.05) is 0 Å². The molecule has 0 amide bonds. The number of hydrogen-bond donors (Lipinski definition) is 1. The van der Waals surface area contributed by atoms with E-state index in [4.69, 9.17) is 5.73 Å². The summed E-state index contributed by atoms with van der Waals surface area (Å²) in [7, 11) is 0. The molecule has 0 spiro atoms. The molecule has 5 heteroatoms. The van der Waals surface area contributed by atoms with Crippen LogP contribution < -0.4 is 5.73 Å². The second-order valence-corrected chi connectivity index (χ2v) is 3.11. The Morgan fingerprint density at radius 2 is 2.43 bits per heavy atom. The normalized spacial score (nSPS) is 13.0. The van der Waals surface area contributed by atoms with Crippen molar-refractivity contribution in [2.24, 2.45) is 5.73 Å². The van der Waals surface area contributed by atoms with E-state index in [0.717, 1.165) is 0 Å². The standard InChI is InChI=1S/C9H10N4O/c1-6(10)9(14)8-7-4-11-2-3-13(7)5-12-8/h2-6H,10H2,1H3. The maximum Gasteiger partial charge on any atom is 0.199 e. The monoisotopic (exact) mass is 190 g/mol. The molecular formula is C9H10N4O. The highest BCUT2D eigenvalue weighted by Crippen LogP contribution is 2.09. The molecule has 0 aliphatic carbocycles. The van der Waals surface area contributed by atoms with Crippen LogP contribution in [-0.2, 0) is 0 Å². The van der Waals surface area contributed by atoms with Crippen molar-refractivity contribution in [3.8, 4) is 0 Å². The van der Waals surface area contributed by atoms with Gasteiger partial charge < -0.3 is 10.1 Å². The smallest absolute Gasteiger partial charge is 0.199 e. The van der Waals surface area contributed by atoms with Crippen molar-refractivity contribution < 1.29 is 4.79 Å². The van der Waals surface area contributed by atoms with Crippen LogP contribution in [0.1, 0.15) is 17.4 Å². The second-order valence-electron chi connectivity index (χ2n) is 3.11. The summed E-state index contributed by atoms with van der Waals surface area (Å²) in [6, 6.07) is -0.533. The van der Waals surface area contributed by atoms with Crippen molar-refractivity contribution in [3.05, 3.63) is 30.6 Å². The van der Waals surface area contributed by atoms with Gasteiger partial charge in [0.15, 0.2) is 5.78 Å². The maximum atomic E-state index is 11.6. The van der Waals surface area contributed by atoms with Crippen molar-refractivity contribution in [3.63, 3.8) is 0 Å². The van der Waals surface area contributed by atoms with Crippen LogP contribution in [-0.4, -0.2) is 26.2 Å². The molecule has 5 nitrogen and oxygen atoms in total.